The number of carbonyl (C=O) groups excluding carboxylic acids is 1. The van der Waals surface area contributed by atoms with Crippen LogP contribution in [0, 0.1) is 5.41 Å². The first-order chi connectivity index (χ1) is 5.91. The zero-order valence-electron chi connectivity index (χ0n) is 8.42. The quantitative estimate of drug-likeness (QED) is 0.624. The third kappa shape index (κ3) is 2.97. The van der Waals surface area contributed by atoms with Crippen molar-refractivity contribution in [3.05, 3.63) is 0 Å². The topological polar surface area (TPSA) is 72.3 Å². The standard InChI is InChI=1S/C9H19N3O/c1-9(2)3-4-12(6-9)5-7(10)8(11)13/h7H,3-6,10H2,1-2H3,(H2,11,13). The fourth-order valence-electron chi connectivity index (χ4n) is 1.75. The lowest BCUT2D eigenvalue weighted by molar-refractivity contribution is -0.119. The van der Waals surface area contributed by atoms with E-state index in [1.54, 1.807) is 0 Å². The van der Waals surface area contributed by atoms with Crippen molar-refractivity contribution in [2.45, 2.75) is 26.3 Å². The van der Waals surface area contributed by atoms with E-state index in [1.165, 1.54) is 6.42 Å². The van der Waals surface area contributed by atoms with E-state index in [0.29, 0.717) is 12.0 Å². The lowest BCUT2D eigenvalue weighted by Crippen LogP contribution is -2.45. The maximum absolute atomic E-state index is 10.7. The van der Waals surface area contributed by atoms with Crippen LogP contribution in [0.25, 0.3) is 0 Å². The molecule has 1 aliphatic rings. The van der Waals surface area contributed by atoms with Crippen molar-refractivity contribution < 1.29 is 4.79 Å². The molecule has 4 N–H and O–H groups in total. The van der Waals surface area contributed by atoms with Crippen molar-refractivity contribution in [2.75, 3.05) is 19.6 Å². The van der Waals surface area contributed by atoms with Crippen LogP contribution in [0.15, 0.2) is 0 Å². The molecule has 0 radical (unpaired) electrons. The zero-order chi connectivity index (χ0) is 10.1. The molecule has 1 aliphatic heterocycles. The van der Waals surface area contributed by atoms with Gasteiger partial charge in [-0.25, -0.2) is 0 Å². The highest BCUT2D eigenvalue weighted by Crippen LogP contribution is 2.28. The molecule has 1 atom stereocenters. The molecule has 1 fully saturated rings. The van der Waals surface area contributed by atoms with E-state index >= 15 is 0 Å². The zero-order valence-corrected chi connectivity index (χ0v) is 8.42. The molecule has 0 spiro atoms. The Morgan fingerprint density at radius 1 is 1.62 bits per heavy atom. The second kappa shape index (κ2) is 3.64. The Hall–Kier alpha value is -0.610. The van der Waals surface area contributed by atoms with Crippen LogP contribution in [-0.2, 0) is 4.79 Å². The average molecular weight is 185 g/mol. The average Bonchev–Trinajstić information content (AvgIpc) is 2.30. The summed E-state index contributed by atoms with van der Waals surface area (Å²) in [4.78, 5) is 12.9. The highest BCUT2D eigenvalue weighted by atomic mass is 16.1. The van der Waals surface area contributed by atoms with E-state index in [9.17, 15) is 4.79 Å². The first kappa shape index (κ1) is 10.5. The molecule has 0 aliphatic carbocycles. The van der Waals surface area contributed by atoms with Gasteiger partial charge < -0.3 is 16.4 Å². The van der Waals surface area contributed by atoms with E-state index in [-0.39, 0.29) is 0 Å². The summed E-state index contributed by atoms with van der Waals surface area (Å²) in [6.07, 6.45) is 1.17. The molecule has 0 aromatic heterocycles. The predicted molar refractivity (Wildman–Crippen MR) is 52.0 cm³/mol. The molecule has 1 amide bonds. The van der Waals surface area contributed by atoms with Crippen LogP contribution in [0.1, 0.15) is 20.3 Å². The van der Waals surface area contributed by atoms with Crippen LogP contribution < -0.4 is 11.5 Å². The van der Waals surface area contributed by atoms with Crippen molar-refractivity contribution in [1.82, 2.24) is 4.90 Å². The van der Waals surface area contributed by atoms with E-state index in [2.05, 4.69) is 18.7 Å². The van der Waals surface area contributed by atoms with Gasteiger partial charge in [-0.2, -0.15) is 0 Å². The number of carbonyl (C=O) groups is 1. The summed E-state index contributed by atoms with van der Waals surface area (Å²) < 4.78 is 0. The van der Waals surface area contributed by atoms with Crippen molar-refractivity contribution in [2.24, 2.45) is 16.9 Å². The smallest absolute Gasteiger partial charge is 0.235 e. The number of nitrogens with zero attached hydrogens (tertiary/aromatic N) is 1. The van der Waals surface area contributed by atoms with Gasteiger partial charge >= 0.3 is 0 Å². The number of hydrogen-bond acceptors (Lipinski definition) is 3. The van der Waals surface area contributed by atoms with Crippen molar-refractivity contribution in [3.63, 3.8) is 0 Å². The van der Waals surface area contributed by atoms with Crippen LogP contribution in [0.4, 0.5) is 0 Å². The second-order valence-corrected chi connectivity index (χ2v) is 4.66. The summed E-state index contributed by atoms with van der Waals surface area (Å²) in [5.41, 5.74) is 11.0. The second-order valence-electron chi connectivity index (χ2n) is 4.66. The summed E-state index contributed by atoms with van der Waals surface area (Å²) in [6.45, 7) is 7.08. The largest absolute Gasteiger partial charge is 0.368 e. The summed E-state index contributed by atoms with van der Waals surface area (Å²) in [6, 6.07) is -0.520. The minimum atomic E-state index is -0.520. The molecule has 0 bridgehead atoms. The molecule has 1 unspecified atom stereocenters. The Balaban J connectivity index is 2.36. The predicted octanol–water partition coefficient (Wildman–Crippen LogP) is -0.469. The van der Waals surface area contributed by atoms with Crippen LogP contribution in [0.2, 0.25) is 0 Å². The summed E-state index contributed by atoms with van der Waals surface area (Å²) in [5.74, 6) is -0.412. The Morgan fingerprint density at radius 2 is 2.23 bits per heavy atom. The van der Waals surface area contributed by atoms with Gasteiger partial charge in [0.05, 0.1) is 6.04 Å². The van der Waals surface area contributed by atoms with Gasteiger partial charge in [0.2, 0.25) is 5.91 Å². The third-order valence-electron chi connectivity index (χ3n) is 2.58. The fourth-order valence-corrected chi connectivity index (χ4v) is 1.75. The van der Waals surface area contributed by atoms with Gasteiger partial charge in [-0.05, 0) is 18.4 Å². The van der Waals surface area contributed by atoms with E-state index < -0.39 is 11.9 Å². The molecule has 0 saturated carbocycles. The molecule has 4 nitrogen and oxygen atoms in total. The molecular weight excluding hydrogens is 166 g/mol. The van der Waals surface area contributed by atoms with E-state index in [0.717, 1.165) is 13.1 Å². The lowest BCUT2D eigenvalue weighted by atomic mass is 9.93. The Bertz CT molecular complexity index is 203. The van der Waals surface area contributed by atoms with Crippen LogP contribution in [0.3, 0.4) is 0 Å². The molecule has 0 aromatic carbocycles. The number of amides is 1. The summed E-state index contributed by atoms with van der Waals surface area (Å²) in [5, 5.41) is 0. The van der Waals surface area contributed by atoms with Crippen molar-refractivity contribution >= 4 is 5.91 Å². The monoisotopic (exact) mass is 185 g/mol. The van der Waals surface area contributed by atoms with Crippen molar-refractivity contribution in [3.8, 4) is 0 Å². The normalized spacial score (nSPS) is 24.5. The molecule has 4 heteroatoms. The number of nitrogens with two attached hydrogens (primary N) is 2. The minimum absolute atomic E-state index is 0.358. The maximum Gasteiger partial charge on any atom is 0.235 e. The van der Waals surface area contributed by atoms with Crippen LogP contribution >= 0.6 is 0 Å². The molecule has 1 heterocycles. The molecular formula is C9H19N3O. The van der Waals surface area contributed by atoms with Crippen molar-refractivity contribution in [1.29, 1.82) is 0 Å². The number of rotatable bonds is 3. The fraction of sp³-hybridized carbons (Fsp3) is 0.889. The molecule has 76 valence electrons. The number of hydrogen-bond donors (Lipinski definition) is 2. The van der Waals surface area contributed by atoms with Gasteiger partial charge in [0.15, 0.2) is 0 Å². The highest BCUT2D eigenvalue weighted by Gasteiger charge is 2.30. The SMILES string of the molecule is CC1(C)CCN(CC(N)C(N)=O)C1. The molecule has 13 heavy (non-hydrogen) atoms. The first-order valence-electron chi connectivity index (χ1n) is 4.68. The summed E-state index contributed by atoms with van der Waals surface area (Å²) >= 11 is 0. The summed E-state index contributed by atoms with van der Waals surface area (Å²) in [7, 11) is 0. The van der Waals surface area contributed by atoms with Crippen LogP contribution in [0.5, 0.6) is 0 Å². The van der Waals surface area contributed by atoms with Gasteiger partial charge in [-0.1, -0.05) is 13.8 Å². The van der Waals surface area contributed by atoms with E-state index in [4.69, 9.17) is 11.5 Å². The van der Waals surface area contributed by atoms with Gasteiger partial charge in [0.25, 0.3) is 0 Å². The molecule has 1 saturated heterocycles. The Labute approximate surface area is 79.3 Å². The number of likely N-dealkylation sites (tertiary alicyclic amines) is 1. The van der Waals surface area contributed by atoms with Gasteiger partial charge in [-0.15, -0.1) is 0 Å². The number of primary amides is 1. The Kier molecular flexibility index (Phi) is 2.93. The van der Waals surface area contributed by atoms with E-state index in [1.807, 2.05) is 0 Å². The Morgan fingerprint density at radius 3 is 2.62 bits per heavy atom. The van der Waals surface area contributed by atoms with Gasteiger partial charge in [0.1, 0.15) is 0 Å². The molecule has 1 rings (SSSR count). The van der Waals surface area contributed by atoms with Gasteiger partial charge in [-0.3, -0.25) is 4.79 Å². The first-order valence-corrected chi connectivity index (χ1v) is 4.68. The third-order valence-corrected chi connectivity index (χ3v) is 2.58. The highest BCUT2D eigenvalue weighted by molar-refractivity contribution is 5.79. The molecule has 0 aromatic rings. The van der Waals surface area contributed by atoms with Gasteiger partial charge in [0, 0.05) is 13.1 Å². The van der Waals surface area contributed by atoms with Crippen LogP contribution in [-0.4, -0.2) is 36.5 Å². The maximum atomic E-state index is 10.7. The minimum Gasteiger partial charge on any atom is -0.368 e. The lowest BCUT2D eigenvalue weighted by Gasteiger charge is -2.21.